The fourth-order valence-corrected chi connectivity index (χ4v) is 2.37. The zero-order valence-electron chi connectivity index (χ0n) is 9.53. The Bertz CT molecular complexity index is 312. The Morgan fingerprint density at radius 3 is 2.87 bits per heavy atom. The van der Waals surface area contributed by atoms with Gasteiger partial charge in [0.05, 0.1) is 0 Å². The van der Waals surface area contributed by atoms with E-state index in [-0.39, 0.29) is 0 Å². The van der Waals surface area contributed by atoms with E-state index in [1.165, 1.54) is 12.1 Å². The van der Waals surface area contributed by atoms with E-state index in [0.29, 0.717) is 5.41 Å². The summed E-state index contributed by atoms with van der Waals surface area (Å²) in [5.41, 5.74) is 1.71. The minimum atomic E-state index is 0.415. The fraction of sp³-hybridized carbons (Fsp3) is 0.583. The largest absolute Gasteiger partial charge is 0.371 e. The van der Waals surface area contributed by atoms with Crippen molar-refractivity contribution < 1.29 is 0 Å². The minimum absolute atomic E-state index is 0.415. The maximum atomic E-state index is 4.05. The van der Waals surface area contributed by atoms with Crippen molar-refractivity contribution in [3.63, 3.8) is 0 Å². The molecule has 1 unspecified atom stereocenters. The smallest absolute Gasteiger partial charge is 0.0397 e. The maximum absolute atomic E-state index is 4.05. The van der Waals surface area contributed by atoms with E-state index in [4.69, 9.17) is 0 Å². The highest BCUT2D eigenvalue weighted by atomic mass is 15.2. The summed E-state index contributed by atoms with van der Waals surface area (Å²) in [7, 11) is 2.03. The Balaban J connectivity index is 2.04. The van der Waals surface area contributed by atoms with Crippen LogP contribution in [-0.2, 0) is 0 Å². The number of hydrogen-bond acceptors (Lipinski definition) is 3. The van der Waals surface area contributed by atoms with Gasteiger partial charge in [-0.3, -0.25) is 4.98 Å². The van der Waals surface area contributed by atoms with E-state index in [0.717, 1.165) is 19.6 Å². The lowest BCUT2D eigenvalue weighted by Crippen LogP contribution is -2.33. The van der Waals surface area contributed by atoms with Crippen LogP contribution in [0.4, 0.5) is 5.69 Å². The quantitative estimate of drug-likeness (QED) is 0.811. The lowest BCUT2D eigenvalue weighted by molar-refractivity contribution is 0.356. The molecule has 2 heterocycles. The molecule has 0 radical (unpaired) electrons. The van der Waals surface area contributed by atoms with Crippen molar-refractivity contribution >= 4 is 5.69 Å². The molecular weight excluding hydrogens is 186 g/mol. The molecule has 0 bridgehead atoms. The van der Waals surface area contributed by atoms with Gasteiger partial charge < -0.3 is 10.2 Å². The Morgan fingerprint density at radius 1 is 1.47 bits per heavy atom. The van der Waals surface area contributed by atoms with Crippen LogP contribution in [0.5, 0.6) is 0 Å². The van der Waals surface area contributed by atoms with Crippen molar-refractivity contribution in [2.24, 2.45) is 5.41 Å². The second-order valence-electron chi connectivity index (χ2n) is 4.72. The van der Waals surface area contributed by atoms with Gasteiger partial charge in [0, 0.05) is 37.7 Å². The number of hydrogen-bond donors (Lipinski definition) is 1. The van der Waals surface area contributed by atoms with E-state index in [9.17, 15) is 0 Å². The first-order valence-corrected chi connectivity index (χ1v) is 5.53. The number of rotatable bonds is 3. The molecular formula is C12H19N3. The molecule has 1 aliphatic heterocycles. The monoisotopic (exact) mass is 205 g/mol. The molecule has 1 atom stereocenters. The summed E-state index contributed by atoms with van der Waals surface area (Å²) in [5.74, 6) is 0. The molecule has 1 aromatic heterocycles. The van der Waals surface area contributed by atoms with E-state index < -0.39 is 0 Å². The molecule has 0 saturated carbocycles. The molecule has 1 aromatic rings. The SMILES string of the molecule is CNCC1(C)CCN(c2ccncc2)C1. The highest BCUT2D eigenvalue weighted by Crippen LogP contribution is 2.32. The van der Waals surface area contributed by atoms with Crippen molar-refractivity contribution in [3.8, 4) is 0 Å². The molecule has 2 rings (SSSR count). The van der Waals surface area contributed by atoms with E-state index >= 15 is 0 Å². The van der Waals surface area contributed by atoms with Gasteiger partial charge in [-0.2, -0.15) is 0 Å². The molecule has 1 fully saturated rings. The van der Waals surface area contributed by atoms with Crippen LogP contribution in [0.3, 0.4) is 0 Å². The van der Waals surface area contributed by atoms with Gasteiger partial charge in [0.25, 0.3) is 0 Å². The summed E-state index contributed by atoms with van der Waals surface area (Å²) in [5, 5.41) is 3.28. The van der Waals surface area contributed by atoms with Crippen LogP contribution in [0.1, 0.15) is 13.3 Å². The van der Waals surface area contributed by atoms with Crippen LogP contribution in [0.25, 0.3) is 0 Å². The number of nitrogens with zero attached hydrogens (tertiary/aromatic N) is 2. The van der Waals surface area contributed by atoms with Gasteiger partial charge >= 0.3 is 0 Å². The molecule has 1 aliphatic rings. The summed E-state index contributed by atoms with van der Waals surface area (Å²) in [6.45, 7) is 5.74. The van der Waals surface area contributed by atoms with Gasteiger partial charge in [-0.15, -0.1) is 0 Å². The number of aromatic nitrogens is 1. The molecule has 0 aromatic carbocycles. The molecule has 15 heavy (non-hydrogen) atoms. The van der Waals surface area contributed by atoms with E-state index in [1.807, 2.05) is 19.4 Å². The Hall–Kier alpha value is -1.09. The first-order chi connectivity index (χ1) is 7.23. The van der Waals surface area contributed by atoms with Gasteiger partial charge in [0.2, 0.25) is 0 Å². The van der Waals surface area contributed by atoms with Gasteiger partial charge in [-0.05, 0) is 31.0 Å². The summed E-state index contributed by atoms with van der Waals surface area (Å²) < 4.78 is 0. The normalized spacial score (nSPS) is 25.9. The maximum Gasteiger partial charge on any atom is 0.0397 e. The van der Waals surface area contributed by atoms with Crippen LogP contribution in [0.2, 0.25) is 0 Å². The number of pyridine rings is 1. The average Bonchev–Trinajstić information content (AvgIpc) is 2.63. The molecule has 1 saturated heterocycles. The predicted octanol–water partition coefficient (Wildman–Crippen LogP) is 1.52. The van der Waals surface area contributed by atoms with Gasteiger partial charge in [-0.1, -0.05) is 6.92 Å². The zero-order chi connectivity index (χ0) is 10.7. The fourth-order valence-electron chi connectivity index (χ4n) is 2.37. The highest BCUT2D eigenvalue weighted by Gasteiger charge is 2.32. The van der Waals surface area contributed by atoms with E-state index in [1.54, 1.807) is 0 Å². The minimum Gasteiger partial charge on any atom is -0.371 e. The van der Waals surface area contributed by atoms with Gasteiger partial charge in [-0.25, -0.2) is 0 Å². The highest BCUT2D eigenvalue weighted by molar-refractivity contribution is 5.46. The molecule has 3 heteroatoms. The summed E-state index contributed by atoms with van der Waals surface area (Å²) in [6, 6.07) is 4.18. The van der Waals surface area contributed by atoms with Crippen LogP contribution in [-0.4, -0.2) is 31.7 Å². The second-order valence-corrected chi connectivity index (χ2v) is 4.72. The van der Waals surface area contributed by atoms with Gasteiger partial charge in [0.15, 0.2) is 0 Å². The third-order valence-electron chi connectivity index (χ3n) is 3.19. The Morgan fingerprint density at radius 2 is 2.20 bits per heavy atom. The third kappa shape index (κ3) is 2.29. The second kappa shape index (κ2) is 4.19. The molecule has 1 N–H and O–H groups in total. The lowest BCUT2D eigenvalue weighted by atomic mass is 9.90. The molecule has 0 aliphatic carbocycles. The third-order valence-corrected chi connectivity index (χ3v) is 3.19. The molecule has 3 nitrogen and oxygen atoms in total. The molecule has 82 valence electrons. The van der Waals surface area contributed by atoms with Crippen molar-refractivity contribution in [1.82, 2.24) is 10.3 Å². The molecule has 0 spiro atoms. The lowest BCUT2D eigenvalue weighted by Gasteiger charge is -2.25. The van der Waals surface area contributed by atoms with Crippen molar-refractivity contribution in [1.29, 1.82) is 0 Å². The summed E-state index contributed by atoms with van der Waals surface area (Å²) in [6.07, 6.45) is 4.99. The van der Waals surface area contributed by atoms with Crippen LogP contribution in [0.15, 0.2) is 24.5 Å². The standard InChI is InChI=1S/C12H19N3/c1-12(9-13-2)5-8-15(10-12)11-3-6-14-7-4-11/h3-4,6-7,13H,5,8-10H2,1-2H3. The van der Waals surface area contributed by atoms with Crippen molar-refractivity contribution in [3.05, 3.63) is 24.5 Å². The van der Waals surface area contributed by atoms with Crippen LogP contribution < -0.4 is 10.2 Å². The first-order valence-electron chi connectivity index (χ1n) is 5.53. The zero-order valence-corrected chi connectivity index (χ0v) is 9.53. The Labute approximate surface area is 91.5 Å². The van der Waals surface area contributed by atoms with Gasteiger partial charge in [0.1, 0.15) is 0 Å². The summed E-state index contributed by atoms with van der Waals surface area (Å²) >= 11 is 0. The summed E-state index contributed by atoms with van der Waals surface area (Å²) in [4.78, 5) is 6.49. The van der Waals surface area contributed by atoms with E-state index in [2.05, 4.69) is 34.3 Å². The topological polar surface area (TPSA) is 28.2 Å². The number of anilines is 1. The molecule has 0 amide bonds. The number of nitrogens with one attached hydrogen (secondary N) is 1. The van der Waals surface area contributed by atoms with Crippen molar-refractivity contribution in [2.45, 2.75) is 13.3 Å². The predicted molar refractivity (Wildman–Crippen MR) is 63.1 cm³/mol. The average molecular weight is 205 g/mol. The van der Waals surface area contributed by atoms with Crippen LogP contribution in [0, 0.1) is 5.41 Å². The van der Waals surface area contributed by atoms with Crippen LogP contribution >= 0.6 is 0 Å². The first kappa shape index (κ1) is 10.4. The van der Waals surface area contributed by atoms with Crippen molar-refractivity contribution in [2.75, 3.05) is 31.6 Å². The Kier molecular flexibility index (Phi) is 2.91.